The van der Waals surface area contributed by atoms with Crippen LogP contribution in [0.3, 0.4) is 0 Å². The highest BCUT2D eigenvalue weighted by Gasteiger charge is 2.50. The molecule has 1 saturated heterocycles. The van der Waals surface area contributed by atoms with Crippen LogP contribution >= 0.6 is 0 Å². The van der Waals surface area contributed by atoms with Gasteiger partial charge in [-0.15, -0.1) is 0 Å². The second-order valence-corrected chi connectivity index (χ2v) is 8.19. The number of benzene rings is 2. The van der Waals surface area contributed by atoms with Crippen LogP contribution in [0.5, 0.6) is 0 Å². The number of aliphatic hydroxyl groups excluding tert-OH is 1. The topological polar surface area (TPSA) is 78.3 Å². The molecular formula is C24H21N3O3. The number of fused-ring (bicyclic) bond motifs is 1. The van der Waals surface area contributed by atoms with Crippen molar-refractivity contribution in [3.63, 3.8) is 0 Å². The molecule has 4 heterocycles. The van der Waals surface area contributed by atoms with Crippen LogP contribution in [-0.2, 0) is 22.6 Å². The zero-order chi connectivity index (χ0) is 20.4. The van der Waals surface area contributed by atoms with Gasteiger partial charge in [0, 0.05) is 35.2 Å². The molecule has 2 atom stereocenters. The first-order valence-electron chi connectivity index (χ1n) is 10.3. The molecule has 2 N–H and O–H groups in total. The van der Waals surface area contributed by atoms with Crippen molar-refractivity contribution in [2.75, 3.05) is 6.73 Å². The molecule has 6 rings (SSSR count). The molecule has 150 valence electrons. The van der Waals surface area contributed by atoms with Crippen LogP contribution in [0, 0.1) is 0 Å². The van der Waals surface area contributed by atoms with E-state index in [9.17, 15) is 14.7 Å². The number of amides is 2. The van der Waals surface area contributed by atoms with Crippen LogP contribution in [0.4, 0.5) is 0 Å². The fourth-order valence-corrected chi connectivity index (χ4v) is 5.38. The van der Waals surface area contributed by atoms with Crippen molar-refractivity contribution in [3.05, 3.63) is 71.5 Å². The van der Waals surface area contributed by atoms with E-state index in [0.717, 1.165) is 51.7 Å². The average Bonchev–Trinajstić information content (AvgIpc) is 3.42. The number of imide groups is 1. The molecule has 2 aromatic carbocycles. The van der Waals surface area contributed by atoms with E-state index >= 15 is 0 Å². The number of likely N-dealkylation sites (tertiary alicyclic amines) is 1. The predicted octanol–water partition coefficient (Wildman–Crippen LogP) is 3.25. The van der Waals surface area contributed by atoms with E-state index < -0.39 is 18.6 Å². The zero-order valence-corrected chi connectivity index (χ0v) is 16.3. The minimum atomic E-state index is -0.663. The standard InChI is InChI=1S/C24H21N3O3/c28-13-27-23(29)20(17-11-25-19-9-2-1-7-15(17)19)21(24(27)30)18-12-26-10-4-6-14-5-3-8-16(18)22(14)26/h1-3,5,7-9,11-12,20-21,25,28H,4,6,10,13H2/t20-,21-/m1/s1. The number of rotatable bonds is 3. The molecule has 6 heteroatoms. The molecule has 0 radical (unpaired) electrons. The van der Waals surface area contributed by atoms with E-state index in [-0.39, 0.29) is 11.8 Å². The van der Waals surface area contributed by atoms with Crippen LogP contribution in [0.15, 0.2) is 54.9 Å². The van der Waals surface area contributed by atoms with Gasteiger partial charge >= 0.3 is 0 Å². The maximum Gasteiger partial charge on any atom is 0.239 e. The van der Waals surface area contributed by atoms with Crippen LogP contribution in [0.25, 0.3) is 21.8 Å². The van der Waals surface area contributed by atoms with Crippen molar-refractivity contribution >= 4 is 33.6 Å². The summed E-state index contributed by atoms with van der Waals surface area (Å²) in [6.45, 7) is 0.306. The summed E-state index contributed by atoms with van der Waals surface area (Å²) in [5.41, 5.74) is 5.05. The fraction of sp³-hybridized carbons (Fsp3) is 0.250. The first kappa shape index (κ1) is 17.5. The first-order valence-corrected chi connectivity index (χ1v) is 10.3. The van der Waals surface area contributed by atoms with Gasteiger partial charge in [0.05, 0.1) is 17.4 Å². The largest absolute Gasteiger partial charge is 0.376 e. The Balaban J connectivity index is 1.60. The summed E-state index contributed by atoms with van der Waals surface area (Å²) in [5, 5.41) is 11.8. The fourth-order valence-electron chi connectivity index (χ4n) is 5.38. The number of aromatic amines is 1. The number of hydrogen-bond acceptors (Lipinski definition) is 3. The van der Waals surface area contributed by atoms with Crippen molar-refractivity contribution < 1.29 is 14.7 Å². The van der Waals surface area contributed by atoms with E-state index in [1.165, 1.54) is 11.1 Å². The summed E-state index contributed by atoms with van der Waals surface area (Å²) >= 11 is 0. The Morgan fingerprint density at radius 3 is 2.57 bits per heavy atom. The summed E-state index contributed by atoms with van der Waals surface area (Å²) in [5.74, 6) is -1.99. The first-order chi connectivity index (χ1) is 14.7. The van der Waals surface area contributed by atoms with Gasteiger partial charge in [-0.25, -0.2) is 0 Å². The Morgan fingerprint density at radius 2 is 1.73 bits per heavy atom. The highest BCUT2D eigenvalue weighted by atomic mass is 16.3. The number of aliphatic hydroxyl groups is 1. The second-order valence-electron chi connectivity index (χ2n) is 8.19. The summed E-state index contributed by atoms with van der Waals surface area (Å²) in [4.78, 5) is 30.9. The summed E-state index contributed by atoms with van der Waals surface area (Å²) in [6.07, 6.45) is 5.96. The number of hydrogen-bond donors (Lipinski definition) is 2. The number of H-pyrrole nitrogens is 1. The average molecular weight is 399 g/mol. The summed E-state index contributed by atoms with van der Waals surface area (Å²) in [7, 11) is 0. The van der Waals surface area contributed by atoms with Gasteiger partial charge in [0.25, 0.3) is 0 Å². The Hall–Kier alpha value is -3.38. The lowest BCUT2D eigenvalue weighted by atomic mass is 9.83. The molecule has 0 unspecified atom stereocenters. The van der Waals surface area contributed by atoms with Crippen molar-refractivity contribution in [1.29, 1.82) is 0 Å². The van der Waals surface area contributed by atoms with E-state index in [1.807, 2.05) is 48.8 Å². The van der Waals surface area contributed by atoms with Gasteiger partial charge in [0.1, 0.15) is 6.73 Å². The van der Waals surface area contributed by atoms with Crippen LogP contribution in [-0.4, -0.2) is 38.1 Å². The van der Waals surface area contributed by atoms with E-state index in [2.05, 4.69) is 15.6 Å². The van der Waals surface area contributed by atoms with E-state index in [4.69, 9.17) is 0 Å². The van der Waals surface area contributed by atoms with E-state index in [1.54, 1.807) is 0 Å². The Kier molecular flexibility index (Phi) is 3.67. The molecule has 2 aromatic heterocycles. The zero-order valence-electron chi connectivity index (χ0n) is 16.3. The third-order valence-corrected chi connectivity index (χ3v) is 6.69. The number of carbonyl (C=O) groups excluding carboxylic acids is 2. The van der Waals surface area contributed by atoms with E-state index in [0.29, 0.717) is 0 Å². The van der Waals surface area contributed by atoms with Crippen molar-refractivity contribution in [1.82, 2.24) is 14.5 Å². The molecular weight excluding hydrogens is 378 g/mol. The van der Waals surface area contributed by atoms with Gasteiger partial charge < -0.3 is 14.7 Å². The summed E-state index contributed by atoms with van der Waals surface area (Å²) in [6, 6.07) is 14.0. The normalized spacial score (nSPS) is 21.3. The third-order valence-electron chi connectivity index (χ3n) is 6.69. The second kappa shape index (κ2) is 6.31. The number of aromatic nitrogens is 2. The van der Waals surface area contributed by atoms with Gasteiger partial charge in [-0.3, -0.25) is 14.5 Å². The third kappa shape index (κ3) is 2.22. The van der Waals surface area contributed by atoms with Gasteiger partial charge in [-0.05, 0) is 35.6 Å². The highest BCUT2D eigenvalue weighted by Crippen LogP contribution is 2.46. The molecule has 6 nitrogen and oxygen atoms in total. The molecule has 0 bridgehead atoms. The quantitative estimate of drug-likeness (QED) is 0.519. The summed E-state index contributed by atoms with van der Waals surface area (Å²) < 4.78 is 2.22. The van der Waals surface area contributed by atoms with Crippen molar-refractivity contribution in [2.24, 2.45) is 0 Å². The molecule has 2 aliphatic heterocycles. The van der Waals surface area contributed by atoms with Gasteiger partial charge in [-0.1, -0.05) is 36.4 Å². The maximum absolute atomic E-state index is 13.4. The molecule has 0 saturated carbocycles. The highest BCUT2D eigenvalue weighted by molar-refractivity contribution is 6.13. The Morgan fingerprint density at radius 1 is 0.967 bits per heavy atom. The van der Waals surface area contributed by atoms with Crippen molar-refractivity contribution in [2.45, 2.75) is 31.2 Å². The van der Waals surface area contributed by atoms with Gasteiger partial charge in [-0.2, -0.15) is 0 Å². The Labute approximate surface area is 172 Å². The maximum atomic E-state index is 13.4. The lowest BCUT2D eigenvalue weighted by Crippen LogP contribution is -2.31. The molecule has 2 amide bonds. The number of aryl methyl sites for hydroxylation is 2. The lowest BCUT2D eigenvalue weighted by molar-refractivity contribution is -0.143. The van der Waals surface area contributed by atoms with Gasteiger partial charge in [0.15, 0.2) is 0 Å². The molecule has 0 spiro atoms. The number of nitrogens with zero attached hydrogens (tertiary/aromatic N) is 2. The minimum absolute atomic E-state index is 0.332. The van der Waals surface area contributed by atoms with Gasteiger partial charge in [0.2, 0.25) is 11.8 Å². The SMILES string of the molecule is O=C1[C@H](c2c[nH]c3ccccc23)[C@@H](c2cn3c4c(cccc24)CCC3)C(=O)N1CO. The minimum Gasteiger partial charge on any atom is -0.376 e. The van der Waals surface area contributed by atoms with Crippen LogP contribution in [0.2, 0.25) is 0 Å². The lowest BCUT2D eigenvalue weighted by Gasteiger charge is -2.15. The molecule has 30 heavy (non-hydrogen) atoms. The monoisotopic (exact) mass is 399 g/mol. The molecule has 0 aliphatic carbocycles. The number of carbonyl (C=O) groups is 2. The molecule has 1 fully saturated rings. The molecule has 4 aromatic rings. The number of nitrogens with one attached hydrogen (secondary N) is 1. The van der Waals surface area contributed by atoms with Crippen molar-refractivity contribution in [3.8, 4) is 0 Å². The van der Waals surface area contributed by atoms with Crippen LogP contribution < -0.4 is 0 Å². The predicted molar refractivity (Wildman–Crippen MR) is 113 cm³/mol. The molecule has 2 aliphatic rings. The Bertz CT molecular complexity index is 1330. The smallest absolute Gasteiger partial charge is 0.239 e. The number of para-hydroxylation sites is 2. The van der Waals surface area contributed by atoms with Crippen LogP contribution in [0.1, 0.15) is 34.9 Å².